The zero-order chi connectivity index (χ0) is 28.7. The first-order chi connectivity index (χ1) is 19.9. The molecule has 4 N–H and O–H groups in total. The van der Waals surface area contributed by atoms with Gasteiger partial charge in [0.2, 0.25) is 0 Å². The smallest absolute Gasteiger partial charge is 0.0999 e. The molecule has 1 aliphatic rings. The highest BCUT2D eigenvalue weighted by Crippen LogP contribution is 2.37. The van der Waals surface area contributed by atoms with Gasteiger partial charge in [-0.25, -0.2) is 4.98 Å². The van der Waals surface area contributed by atoms with Crippen LogP contribution < -0.4 is 5.73 Å². The van der Waals surface area contributed by atoms with Crippen molar-refractivity contribution >= 4 is 34.1 Å². The summed E-state index contributed by atoms with van der Waals surface area (Å²) in [7, 11) is 0. The number of rotatable bonds is 3. The van der Waals surface area contributed by atoms with E-state index in [0.717, 1.165) is 33.2 Å². The molecule has 41 heavy (non-hydrogen) atoms. The van der Waals surface area contributed by atoms with E-state index < -0.39 is 0 Å². The van der Waals surface area contributed by atoms with Gasteiger partial charge in [0.15, 0.2) is 0 Å². The molecular formula is C34H19N7. The van der Waals surface area contributed by atoms with Crippen LogP contribution in [0.5, 0.6) is 0 Å². The van der Waals surface area contributed by atoms with E-state index in [1.54, 1.807) is 18.2 Å². The Morgan fingerprint density at radius 1 is 0.659 bits per heavy atom. The number of hydrogen-bond donors (Lipinski definition) is 3. The number of anilines is 1. The van der Waals surface area contributed by atoms with Crippen molar-refractivity contribution in [2.24, 2.45) is 0 Å². The third kappa shape index (κ3) is 4.19. The molecule has 7 heteroatoms. The zero-order valence-corrected chi connectivity index (χ0v) is 21.5. The van der Waals surface area contributed by atoms with E-state index in [-0.39, 0.29) is 11.4 Å². The SMILES string of the molecule is N#Cc1cccc(-c2ccc3c4c(c(-c5ccc(-c6c(N)cc(C#N)cc6C#N)cc5)nc3c2)C=CC(=N)C4=N)c1. The summed E-state index contributed by atoms with van der Waals surface area (Å²) < 4.78 is 0. The van der Waals surface area contributed by atoms with Crippen LogP contribution in [0.2, 0.25) is 0 Å². The minimum Gasteiger partial charge on any atom is -0.398 e. The molecule has 6 rings (SSSR count). The van der Waals surface area contributed by atoms with Crippen LogP contribution in [0, 0.1) is 44.8 Å². The number of benzene rings is 4. The lowest BCUT2D eigenvalue weighted by atomic mass is 9.87. The summed E-state index contributed by atoms with van der Waals surface area (Å²) in [5.41, 5.74) is 14.6. The molecule has 0 unspecified atom stereocenters. The molecule has 0 saturated carbocycles. The molecule has 0 amide bonds. The maximum atomic E-state index is 9.68. The van der Waals surface area contributed by atoms with Crippen LogP contribution in [-0.2, 0) is 0 Å². The standard InChI is InChI=1S/C34H19N7/c35-16-19-2-1-3-23(12-19)24-8-9-26-30(15-24)41-34(27-10-11-28(38)33(40)32(26)27)22-6-4-21(5-7-22)31-25(18-37)13-20(17-36)14-29(31)39/h1-15,38,40H,39H2. The Labute approximate surface area is 235 Å². The first-order valence-corrected chi connectivity index (χ1v) is 12.6. The minimum atomic E-state index is 0.121. The van der Waals surface area contributed by atoms with Gasteiger partial charge in [-0.3, -0.25) is 10.8 Å². The topological polar surface area (TPSA) is 158 Å². The zero-order valence-electron chi connectivity index (χ0n) is 21.5. The average Bonchev–Trinajstić information content (AvgIpc) is 3.01. The van der Waals surface area contributed by atoms with Gasteiger partial charge in [0.25, 0.3) is 0 Å². The molecule has 1 aromatic heterocycles. The van der Waals surface area contributed by atoms with Gasteiger partial charge in [0.05, 0.1) is 57.5 Å². The number of aromatic nitrogens is 1. The van der Waals surface area contributed by atoms with Crippen LogP contribution in [0.4, 0.5) is 5.69 Å². The fourth-order valence-electron chi connectivity index (χ4n) is 5.20. The van der Waals surface area contributed by atoms with Crippen molar-refractivity contribution < 1.29 is 0 Å². The van der Waals surface area contributed by atoms with Gasteiger partial charge >= 0.3 is 0 Å². The predicted octanol–water partition coefficient (Wildman–Crippen LogP) is 6.85. The third-order valence-electron chi connectivity index (χ3n) is 7.15. The van der Waals surface area contributed by atoms with E-state index >= 15 is 0 Å². The number of allylic oxidation sites excluding steroid dienone is 1. The van der Waals surface area contributed by atoms with E-state index in [2.05, 4.69) is 12.1 Å². The fraction of sp³-hybridized carbons (Fsp3) is 0. The second kappa shape index (κ2) is 9.75. The van der Waals surface area contributed by atoms with Crippen molar-refractivity contribution in [3.63, 3.8) is 0 Å². The van der Waals surface area contributed by atoms with Crippen molar-refractivity contribution in [1.82, 2.24) is 4.98 Å². The van der Waals surface area contributed by atoms with Gasteiger partial charge in [-0.15, -0.1) is 0 Å². The van der Waals surface area contributed by atoms with Crippen LogP contribution in [0.25, 0.3) is 50.5 Å². The predicted molar refractivity (Wildman–Crippen MR) is 160 cm³/mol. The lowest BCUT2D eigenvalue weighted by Crippen LogP contribution is -2.17. The quantitative estimate of drug-likeness (QED) is 0.219. The van der Waals surface area contributed by atoms with Crippen molar-refractivity contribution in [2.75, 3.05) is 5.73 Å². The van der Waals surface area contributed by atoms with Gasteiger partial charge in [-0.1, -0.05) is 48.5 Å². The molecule has 1 aliphatic carbocycles. The number of hydrogen-bond acceptors (Lipinski definition) is 7. The lowest BCUT2D eigenvalue weighted by Gasteiger charge is -2.19. The Hall–Kier alpha value is -6.36. The summed E-state index contributed by atoms with van der Waals surface area (Å²) in [5, 5.41) is 46.1. The van der Waals surface area contributed by atoms with Gasteiger partial charge < -0.3 is 5.73 Å². The second-order valence-electron chi connectivity index (χ2n) is 9.58. The molecule has 0 aliphatic heterocycles. The van der Waals surface area contributed by atoms with Crippen molar-refractivity contribution in [2.45, 2.75) is 0 Å². The molecule has 7 nitrogen and oxygen atoms in total. The first kappa shape index (κ1) is 24.9. The molecule has 4 aromatic carbocycles. The highest BCUT2D eigenvalue weighted by atomic mass is 14.7. The summed E-state index contributed by atoms with van der Waals surface area (Å²) >= 11 is 0. The van der Waals surface area contributed by atoms with Gasteiger partial charge in [0, 0.05) is 33.3 Å². The van der Waals surface area contributed by atoms with Crippen LogP contribution in [0.15, 0.2) is 84.9 Å². The molecule has 0 saturated heterocycles. The number of pyridine rings is 1. The Balaban J connectivity index is 1.53. The number of nitrogens with zero attached hydrogens (tertiary/aromatic N) is 4. The van der Waals surface area contributed by atoms with Gasteiger partial charge in [-0.2, -0.15) is 15.8 Å². The van der Waals surface area contributed by atoms with Crippen molar-refractivity contribution in [1.29, 1.82) is 26.6 Å². The normalized spacial score (nSPS) is 11.9. The summed E-state index contributed by atoms with van der Waals surface area (Å²) in [6, 6.07) is 30.1. The summed E-state index contributed by atoms with van der Waals surface area (Å²) in [6.07, 6.45) is 3.43. The first-order valence-electron chi connectivity index (χ1n) is 12.6. The maximum absolute atomic E-state index is 9.68. The molecule has 190 valence electrons. The average molecular weight is 526 g/mol. The number of nitriles is 3. The van der Waals surface area contributed by atoms with Crippen LogP contribution >= 0.6 is 0 Å². The van der Waals surface area contributed by atoms with Gasteiger partial charge in [0.1, 0.15) is 0 Å². The molecule has 0 spiro atoms. The monoisotopic (exact) mass is 525 g/mol. The highest BCUT2D eigenvalue weighted by Gasteiger charge is 2.23. The minimum absolute atomic E-state index is 0.121. The van der Waals surface area contributed by atoms with E-state index in [9.17, 15) is 15.8 Å². The third-order valence-corrected chi connectivity index (χ3v) is 7.15. The maximum Gasteiger partial charge on any atom is 0.0999 e. The second-order valence-corrected chi connectivity index (χ2v) is 9.58. The molecular weight excluding hydrogens is 506 g/mol. The fourth-order valence-corrected chi connectivity index (χ4v) is 5.20. The number of fused-ring (bicyclic) bond motifs is 3. The number of nitrogen functional groups attached to an aromatic ring is 1. The Morgan fingerprint density at radius 2 is 1.37 bits per heavy atom. The summed E-state index contributed by atoms with van der Waals surface area (Å²) in [6.45, 7) is 0. The van der Waals surface area contributed by atoms with Crippen LogP contribution in [0.1, 0.15) is 27.8 Å². The van der Waals surface area contributed by atoms with E-state index in [1.807, 2.05) is 72.8 Å². The summed E-state index contributed by atoms with van der Waals surface area (Å²) in [4.78, 5) is 5.03. The Bertz CT molecular complexity index is 2120. The van der Waals surface area contributed by atoms with Crippen molar-refractivity contribution in [3.8, 4) is 51.7 Å². The molecule has 0 bridgehead atoms. The molecule has 5 aromatic rings. The molecule has 0 atom stereocenters. The van der Waals surface area contributed by atoms with E-state index in [0.29, 0.717) is 44.7 Å². The van der Waals surface area contributed by atoms with Crippen molar-refractivity contribution in [3.05, 3.63) is 113 Å². The van der Waals surface area contributed by atoms with E-state index in [4.69, 9.17) is 21.5 Å². The lowest BCUT2D eigenvalue weighted by molar-refractivity contribution is 1.36. The Morgan fingerprint density at radius 3 is 2.10 bits per heavy atom. The molecule has 0 fully saturated rings. The molecule has 1 heterocycles. The summed E-state index contributed by atoms with van der Waals surface area (Å²) in [5.74, 6) is 0. The highest BCUT2D eigenvalue weighted by molar-refractivity contribution is 6.54. The Kier molecular flexibility index (Phi) is 5.93. The largest absolute Gasteiger partial charge is 0.398 e. The number of nitrogens with two attached hydrogens (primary N) is 1. The number of nitrogens with one attached hydrogen (secondary N) is 2. The van der Waals surface area contributed by atoms with E-state index in [1.165, 1.54) is 6.07 Å². The van der Waals surface area contributed by atoms with Crippen LogP contribution in [-0.4, -0.2) is 16.4 Å². The van der Waals surface area contributed by atoms with Gasteiger partial charge in [-0.05, 0) is 59.2 Å². The molecule has 0 radical (unpaired) electrons. The van der Waals surface area contributed by atoms with Crippen LogP contribution in [0.3, 0.4) is 0 Å².